The van der Waals surface area contributed by atoms with Crippen LogP contribution in [0.5, 0.6) is 0 Å². The number of hydrogen-bond acceptors (Lipinski definition) is 2. The molecule has 0 bridgehead atoms. The van der Waals surface area contributed by atoms with Gasteiger partial charge >= 0.3 is 0 Å². The van der Waals surface area contributed by atoms with Gasteiger partial charge in [0.15, 0.2) is 5.58 Å². The van der Waals surface area contributed by atoms with Gasteiger partial charge in [-0.3, -0.25) is 0 Å². The van der Waals surface area contributed by atoms with E-state index in [1.54, 1.807) is 0 Å². The average Bonchev–Trinajstić information content (AvgIpc) is 3.77. The molecule has 208 valence electrons. The zero-order valence-electron chi connectivity index (χ0n) is 24.0. The fourth-order valence-corrected chi connectivity index (χ4v) is 9.09. The van der Waals surface area contributed by atoms with E-state index in [0.717, 1.165) is 27.8 Å². The first-order valence-electron chi connectivity index (χ1n) is 15.4. The first kappa shape index (κ1) is 23.8. The summed E-state index contributed by atoms with van der Waals surface area (Å²) >= 11 is 1.86. The van der Waals surface area contributed by atoms with Crippen LogP contribution in [-0.2, 0) is 0 Å². The molecule has 0 radical (unpaired) electrons. The number of furan rings is 1. The van der Waals surface area contributed by atoms with Crippen LogP contribution in [0, 0.1) is 0 Å². The van der Waals surface area contributed by atoms with Gasteiger partial charge in [0.05, 0.1) is 11.0 Å². The highest BCUT2D eigenvalue weighted by Crippen LogP contribution is 2.50. The van der Waals surface area contributed by atoms with E-state index >= 15 is 0 Å². The monoisotopic (exact) mass is 589 g/mol. The quantitative estimate of drug-likeness (QED) is 0.174. The molecule has 0 aliphatic heterocycles. The van der Waals surface area contributed by atoms with Gasteiger partial charge in [0, 0.05) is 58.2 Å². The predicted molar refractivity (Wildman–Crippen MR) is 193 cm³/mol. The Labute approximate surface area is 260 Å². The van der Waals surface area contributed by atoms with E-state index in [1.807, 2.05) is 11.3 Å². The molecule has 0 N–H and O–H groups in total. The molecule has 0 fully saturated rings. The zero-order valence-corrected chi connectivity index (χ0v) is 24.9. The maximum Gasteiger partial charge on any atom is 0.160 e. The minimum atomic E-state index is 0.912. The van der Waals surface area contributed by atoms with Gasteiger partial charge in [0.1, 0.15) is 5.58 Å². The molecule has 3 heteroatoms. The van der Waals surface area contributed by atoms with Crippen LogP contribution in [0.4, 0.5) is 0 Å². The molecule has 2 nitrogen and oxygen atoms in total. The van der Waals surface area contributed by atoms with Crippen molar-refractivity contribution in [3.05, 3.63) is 140 Å². The van der Waals surface area contributed by atoms with Crippen LogP contribution in [0.15, 0.2) is 144 Å². The maximum atomic E-state index is 6.94. The summed E-state index contributed by atoms with van der Waals surface area (Å²) in [6.45, 7) is 0. The van der Waals surface area contributed by atoms with Crippen LogP contribution in [0.1, 0.15) is 0 Å². The van der Waals surface area contributed by atoms with Gasteiger partial charge in [0.25, 0.3) is 0 Å². The first-order valence-corrected chi connectivity index (χ1v) is 16.2. The van der Waals surface area contributed by atoms with Gasteiger partial charge in [-0.15, -0.1) is 11.3 Å². The summed E-state index contributed by atoms with van der Waals surface area (Å²) in [6, 6.07) is 50.8. The Balaban J connectivity index is 1.46. The molecule has 11 aromatic rings. The lowest BCUT2D eigenvalue weighted by atomic mass is 9.89. The molecule has 45 heavy (non-hydrogen) atoms. The van der Waals surface area contributed by atoms with Crippen molar-refractivity contribution in [1.82, 2.24) is 4.57 Å². The van der Waals surface area contributed by atoms with Crippen LogP contribution in [-0.4, -0.2) is 4.57 Å². The zero-order chi connectivity index (χ0) is 29.2. The highest BCUT2D eigenvalue weighted by atomic mass is 32.1. The highest BCUT2D eigenvalue weighted by Gasteiger charge is 2.25. The second-order valence-electron chi connectivity index (χ2n) is 12.0. The Bertz CT molecular complexity index is 3050. The van der Waals surface area contributed by atoms with Gasteiger partial charge in [-0.2, -0.15) is 0 Å². The van der Waals surface area contributed by atoms with E-state index < -0.39 is 0 Å². The number of hydrogen-bond donors (Lipinski definition) is 0. The Morgan fingerprint density at radius 3 is 1.78 bits per heavy atom. The number of rotatable bonds is 1. The summed E-state index contributed by atoms with van der Waals surface area (Å²) in [5.74, 6) is 0. The third-order valence-corrected chi connectivity index (χ3v) is 10.9. The molecule has 0 unspecified atom stereocenters. The van der Waals surface area contributed by atoms with E-state index in [-0.39, 0.29) is 0 Å². The molecule has 0 saturated carbocycles. The van der Waals surface area contributed by atoms with Crippen LogP contribution >= 0.6 is 11.3 Å². The Morgan fingerprint density at radius 1 is 0.422 bits per heavy atom. The van der Waals surface area contributed by atoms with Gasteiger partial charge in [-0.25, -0.2) is 0 Å². The van der Waals surface area contributed by atoms with Crippen molar-refractivity contribution in [1.29, 1.82) is 0 Å². The second kappa shape index (κ2) is 8.50. The first-order chi connectivity index (χ1) is 22.3. The summed E-state index contributed by atoms with van der Waals surface area (Å²) in [6.07, 6.45) is 0. The molecule has 0 saturated heterocycles. The Morgan fingerprint density at radius 2 is 1.00 bits per heavy atom. The van der Waals surface area contributed by atoms with Crippen molar-refractivity contribution in [3.8, 4) is 5.69 Å². The Hall–Kier alpha value is -5.64. The molecule has 0 spiro atoms. The smallest absolute Gasteiger partial charge is 0.160 e. The van der Waals surface area contributed by atoms with Crippen LogP contribution in [0.3, 0.4) is 0 Å². The summed E-state index contributed by atoms with van der Waals surface area (Å²) in [4.78, 5) is 0. The number of para-hydroxylation sites is 2. The minimum absolute atomic E-state index is 0.912. The van der Waals surface area contributed by atoms with E-state index in [1.165, 1.54) is 74.2 Å². The fourth-order valence-electron chi connectivity index (χ4n) is 7.95. The third-order valence-electron chi connectivity index (χ3n) is 9.74. The second-order valence-corrected chi connectivity index (χ2v) is 13.1. The minimum Gasteiger partial charge on any atom is -0.454 e. The third kappa shape index (κ3) is 2.98. The van der Waals surface area contributed by atoms with E-state index in [4.69, 9.17) is 4.42 Å². The van der Waals surface area contributed by atoms with Crippen LogP contribution in [0.25, 0.3) is 102 Å². The molecule has 11 rings (SSSR count). The maximum absolute atomic E-state index is 6.94. The molecular formula is C42H23NOS. The molecule has 0 atom stereocenters. The number of benzene rings is 8. The van der Waals surface area contributed by atoms with Crippen LogP contribution in [0.2, 0.25) is 0 Å². The Kier molecular flexibility index (Phi) is 4.49. The van der Waals surface area contributed by atoms with Crippen molar-refractivity contribution in [3.63, 3.8) is 0 Å². The topological polar surface area (TPSA) is 18.1 Å². The molecular weight excluding hydrogens is 567 g/mol. The van der Waals surface area contributed by atoms with Gasteiger partial charge < -0.3 is 8.98 Å². The van der Waals surface area contributed by atoms with E-state index in [9.17, 15) is 0 Å². The van der Waals surface area contributed by atoms with Crippen LogP contribution < -0.4 is 0 Å². The summed E-state index contributed by atoms with van der Waals surface area (Å²) in [5.41, 5.74) is 5.30. The lowest BCUT2D eigenvalue weighted by Crippen LogP contribution is -1.94. The van der Waals surface area contributed by atoms with Crippen molar-refractivity contribution in [2.75, 3.05) is 0 Å². The lowest BCUT2D eigenvalue weighted by Gasteiger charge is -2.14. The van der Waals surface area contributed by atoms with Crippen molar-refractivity contribution in [2.24, 2.45) is 0 Å². The van der Waals surface area contributed by atoms with Crippen molar-refractivity contribution < 1.29 is 4.42 Å². The molecule has 0 aliphatic carbocycles. The summed E-state index contributed by atoms with van der Waals surface area (Å²) in [5, 5.41) is 15.0. The summed E-state index contributed by atoms with van der Waals surface area (Å²) in [7, 11) is 0. The molecule has 3 heterocycles. The van der Waals surface area contributed by atoms with Gasteiger partial charge in [0.2, 0.25) is 0 Å². The SMILES string of the molecule is c1ccc2c(c1)oc1c2c2c3ccccc3c3ccccc3c2c2c3ccccc3n(-c3ccc4c(c3)sc3ccccc34)c12. The summed E-state index contributed by atoms with van der Waals surface area (Å²) < 4.78 is 12.0. The highest BCUT2D eigenvalue weighted by molar-refractivity contribution is 7.25. The van der Waals surface area contributed by atoms with Gasteiger partial charge in [-0.05, 0) is 51.9 Å². The molecule has 8 aromatic carbocycles. The molecule has 3 aromatic heterocycles. The normalized spacial score (nSPS) is 12.4. The van der Waals surface area contributed by atoms with Crippen molar-refractivity contribution >= 4 is 108 Å². The largest absolute Gasteiger partial charge is 0.454 e. The average molecular weight is 590 g/mol. The lowest BCUT2D eigenvalue weighted by molar-refractivity contribution is 0.671. The number of fused-ring (bicyclic) bond motifs is 18. The molecule has 0 amide bonds. The number of aromatic nitrogens is 1. The fraction of sp³-hybridized carbons (Fsp3) is 0. The van der Waals surface area contributed by atoms with Gasteiger partial charge in [-0.1, -0.05) is 109 Å². The number of thiophene rings is 1. The standard InChI is InChI=1S/C42H23NOS/c1-3-14-29-25(11-1)26-12-2-4-15-30(26)38-37(29)39-31-16-5-8-18-33(31)43(41(39)42-40(38)32-17-6-9-19-34(32)44-42)24-21-22-28-27-13-7-10-20-35(27)45-36(28)23-24/h1-23H. The molecule has 0 aliphatic rings. The van der Waals surface area contributed by atoms with E-state index in [0.29, 0.717) is 0 Å². The number of nitrogens with zero attached hydrogens (tertiary/aromatic N) is 1. The predicted octanol–water partition coefficient (Wildman–Crippen LogP) is 12.5. The van der Waals surface area contributed by atoms with E-state index in [2.05, 4.69) is 144 Å². The van der Waals surface area contributed by atoms with Crippen molar-refractivity contribution in [2.45, 2.75) is 0 Å².